The highest BCUT2D eigenvalue weighted by Gasteiger charge is 2.14. The van der Waals surface area contributed by atoms with E-state index in [4.69, 9.17) is 4.84 Å². The summed E-state index contributed by atoms with van der Waals surface area (Å²) in [6, 6.07) is 3.85. The van der Waals surface area contributed by atoms with Crippen molar-refractivity contribution >= 4 is 17.5 Å². The van der Waals surface area contributed by atoms with Gasteiger partial charge in [0.2, 0.25) is 0 Å². The molecule has 0 fully saturated rings. The summed E-state index contributed by atoms with van der Waals surface area (Å²) in [5, 5.41) is 3.74. The summed E-state index contributed by atoms with van der Waals surface area (Å²) in [5.41, 5.74) is 3.77. The molecule has 1 aliphatic rings. The van der Waals surface area contributed by atoms with Crippen LogP contribution < -0.4 is 0 Å². The lowest BCUT2D eigenvalue weighted by atomic mass is 10.0. The minimum absolute atomic E-state index is 0.111. The third-order valence-corrected chi connectivity index (χ3v) is 2.95. The fourth-order valence-corrected chi connectivity index (χ4v) is 2.15. The molecule has 4 heteroatoms. The normalized spacial score (nSPS) is 13.6. The maximum Gasteiger partial charge on any atom is 0.366 e. The molecule has 1 aliphatic carbocycles. The van der Waals surface area contributed by atoms with Gasteiger partial charge in [0, 0.05) is 0 Å². The zero-order valence-electron chi connectivity index (χ0n) is 11.6. The molecule has 0 saturated heterocycles. The molecule has 1 aromatic carbocycles. The van der Waals surface area contributed by atoms with Crippen LogP contribution in [0.15, 0.2) is 41.6 Å². The molecule has 2 rings (SSSR count). The third-order valence-electron chi connectivity index (χ3n) is 2.95. The second-order valence-corrected chi connectivity index (χ2v) is 4.74. The predicted octanol–water partition coefficient (Wildman–Crippen LogP) is 2.82. The Bertz CT molecular complexity index is 625. The Morgan fingerprint density at radius 1 is 1.00 bits per heavy atom. The van der Waals surface area contributed by atoms with E-state index < -0.39 is 5.97 Å². The standard InChI is InChI=1S/C16H15NO3/c1-10-8-11(2)15(12(3)9-10)16(19)20-17-13-4-6-14(18)7-5-13/h4-9H,1-3H3. The van der Waals surface area contributed by atoms with E-state index in [1.807, 2.05) is 32.9 Å². The van der Waals surface area contributed by atoms with Crippen LogP contribution in [0.3, 0.4) is 0 Å². The van der Waals surface area contributed by atoms with E-state index in [-0.39, 0.29) is 5.78 Å². The van der Waals surface area contributed by atoms with E-state index in [2.05, 4.69) is 5.16 Å². The summed E-state index contributed by atoms with van der Waals surface area (Å²) in [4.78, 5) is 28.0. The molecular weight excluding hydrogens is 254 g/mol. The highest BCUT2D eigenvalue weighted by atomic mass is 16.7. The van der Waals surface area contributed by atoms with Gasteiger partial charge >= 0.3 is 5.97 Å². The van der Waals surface area contributed by atoms with Crippen molar-refractivity contribution in [2.45, 2.75) is 20.8 Å². The molecule has 20 heavy (non-hydrogen) atoms. The van der Waals surface area contributed by atoms with Crippen LogP contribution in [0, 0.1) is 20.8 Å². The number of ketones is 1. The molecule has 0 atom stereocenters. The van der Waals surface area contributed by atoms with Gasteiger partial charge in [-0.25, -0.2) is 4.79 Å². The summed E-state index contributed by atoms with van der Waals surface area (Å²) >= 11 is 0. The number of hydrogen-bond donors (Lipinski definition) is 0. The monoisotopic (exact) mass is 269 g/mol. The SMILES string of the molecule is Cc1cc(C)c(C(=O)ON=C2C=CC(=O)C=C2)c(C)c1. The van der Waals surface area contributed by atoms with Crippen LogP contribution in [-0.2, 0) is 9.63 Å². The first-order valence-corrected chi connectivity index (χ1v) is 6.24. The minimum Gasteiger partial charge on any atom is -0.312 e. The lowest BCUT2D eigenvalue weighted by Gasteiger charge is -2.08. The molecular formula is C16H15NO3. The maximum absolute atomic E-state index is 12.1. The summed E-state index contributed by atoms with van der Waals surface area (Å²) < 4.78 is 0. The third kappa shape index (κ3) is 3.09. The van der Waals surface area contributed by atoms with Crippen molar-refractivity contribution < 1.29 is 14.4 Å². The van der Waals surface area contributed by atoms with Crippen LogP contribution in [0.4, 0.5) is 0 Å². The van der Waals surface area contributed by atoms with E-state index in [1.54, 1.807) is 0 Å². The van der Waals surface area contributed by atoms with Crippen molar-refractivity contribution in [3.63, 3.8) is 0 Å². The number of carbonyl (C=O) groups excluding carboxylic acids is 2. The molecule has 0 saturated carbocycles. The van der Waals surface area contributed by atoms with Gasteiger partial charge in [0.05, 0.1) is 5.56 Å². The van der Waals surface area contributed by atoms with Crippen LogP contribution in [0.5, 0.6) is 0 Å². The molecule has 0 bridgehead atoms. The van der Waals surface area contributed by atoms with Crippen LogP contribution in [0.2, 0.25) is 0 Å². The zero-order chi connectivity index (χ0) is 14.7. The second-order valence-electron chi connectivity index (χ2n) is 4.74. The average molecular weight is 269 g/mol. The van der Waals surface area contributed by atoms with Gasteiger partial charge in [-0.3, -0.25) is 4.79 Å². The number of hydrogen-bond acceptors (Lipinski definition) is 4. The van der Waals surface area contributed by atoms with Crippen LogP contribution in [0.1, 0.15) is 27.0 Å². The Labute approximate surface area is 117 Å². The van der Waals surface area contributed by atoms with Crippen molar-refractivity contribution in [3.05, 3.63) is 58.7 Å². The van der Waals surface area contributed by atoms with Crippen molar-refractivity contribution in [1.29, 1.82) is 0 Å². The molecule has 0 amide bonds. The van der Waals surface area contributed by atoms with Crippen LogP contribution in [-0.4, -0.2) is 17.5 Å². The maximum atomic E-state index is 12.1. The molecule has 0 spiro atoms. The number of aryl methyl sites for hydroxylation is 3. The predicted molar refractivity (Wildman–Crippen MR) is 76.8 cm³/mol. The largest absolute Gasteiger partial charge is 0.366 e. The van der Waals surface area contributed by atoms with Gasteiger partial charge in [-0.15, -0.1) is 0 Å². The first kappa shape index (κ1) is 13.9. The number of nitrogens with zero attached hydrogens (tertiary/aromatic N) is 1. The van der Waals surface area contributed by atoms with E-state index in [0.717, 1.165) is 16.7 Å². The van der Waals surface area contributed by atoms with Gasteiger partial charge < -0.3 is 4.84 Å². The molecule has 0 aromatic heterocycles. The summed E-state index contributed by atoms with van der Waals surface area (Å²) in [5.74, 6) is -0.605. The minimum atomic E-state index is -0.494. The number of oxime groups is 1. The first-order valence-electron chi connectivity index (χ1n) is 6.24. The Morgan fingerprint density at radius 3 is 2.10 bits per heavy atom. The lowest BCUT2D eigenvalue weighted by Crippen LogP contribution is -2.08. The topological polar surface area (TPSA) is 55.7 Å². The van der Waals surface area contributed by atoms with Crippen molar-refractivity contribution in [2.24, 2.45) is 5.16 Å². The Balaban J connectivity index is 2.18. The fourth-order valence-electron chi connectivity index (χ4n) is 2.15. The van der Waals surface area contributed by atoms with Gasteiger partial charge in [-0.1, -0.05) is 22.9 Å². The Kier molecular flexibility index (Phi) is 3.94. The molecule has 0 N–H and O–H groups in total. The summed E-state index contributed by atoms with van der Waals surface area (Å²) in [6.07, 6.45) is 5.75. The van der Waals surface area contributed by atoms with Crippen LogP contribution in [0.25, 0.3) is 0 Å². The summed E-state index contributed by atoms with van der Waals surface area (Å²) in [6.45, 7) is 5.70. The summed E-state index contributed by atoms with van der Waals surface area (Å²) in [7, 11) is 0. The quantitative estimate of drug-likeness (QED) is 0.471. The average Bonchev–Trinajstić information content (AvgIpc) is 2.37. The van der Waals surface area contributed by atoms with E-state index >= 15 is 0 Å². The van der Waals surface area contributed by atoms with Crippen molar-refractivity contribution in [2.75, 3.05) is 0 Å². The smallest absolute Gasteiger partial charge is 0.312 e. The Morgan fingerprint density at radius 2 is 1.55 bits per heavy atom. The number of carbonyl (C=O) groups is 2. The van der Waals surface area contributed by atoms with E-state index in [1.165, 1.54) is 24.3 Å². The fraction of sp³-hybridized carbons (Fsp3) is 0.188. The molecule has 1 aromatic rings. The van der Waals surface area contributed by atoms with E-state index in [9.17, 15) is 9.59 Å². The van der Waals surface area contributed by atoms with Gasteiger partial charge in [0.15, 0.2) is 5.78 Å². The molecule has 4 nitrogen and oxygen atoms in total. The van der Waals surface area contributed by atoms with Gasteiger partial charge in [0.1, 0.15) is 5.71 Å². The number of allylic oxidation sites excluding steroid dienone is 4. The van der Waals surface area contributed by atoms with Crippen molar-refractivity contribution in [1.82, 2.24) is 0 Å². The highest BCUT2D eigenvalue weighted by Crippen LogP contribution is 2.17. The Hall–Kier alpha value is -2.49. The van der Waals surface area contributed by atoms with Crippen LogP contribution >= 0.6 is 0 Å². The van der Waals surface area contributed by atoms with E-state index in [0.29, 0.717) is 11.3 Å². The van der Waals surface area contributed by atoms with Gasteiger partial charge in [-0.05, 0) is 56.2 Å². The lowest BCUT2D eigenvalue weighted by molar-refractivity contribution is -0.110. The molecule has 0 unspecified atom stereocenters. The molecule has 102 valence electrons. The molecule has 0 heterocycles. The highest BCUT2D eigenvalue weighted by molar-refractivity contribution is 6.16. The first-order chi connectivity index (χ1) is 9.47. The van der Waals surface area contributed by atoms with Crippen molar-refractivity contribution in [3.8, 4) is 0 Å². The molecule has 0 aliphatic heterocycles. The second kappa shape index (κ2) is 5.65. The number of benzene rings is 1. The van der Waals surface area contributed by atoms with Gasteiger partial charge in [0.25, 0.3) is 0 Å². The number of rotatable bonds is 2. The zero-order valence-corrected chi connectivity index (χ0v) is 11.6. The van der Waals surface area contributed by atoms with Gasteiger partial charge in [-0.2, -0.15) is 0 Å². The molecule has 0 radical (unpaired) electrons.